The highest BCUT2D eigenvalue weighted by Gasteiger charge is 2.04. The monoisotopic (exact) mass is 211 g/mol. The molecule has 11 heavy (non-hydrogen) atoms. The quantitative estimate of drug-likeness (QED) is 0.682. The molecule has 0 aliphatic rings. The first-order valence-electron chi connectivity index (χ1n) is 3.20. The van der Waals surface area contributed by atoms with E-state index in [0.717, 1.165) is 21.1 Å². The lowest BCUT2D eigenvalue weighted by Crippen LogP contribution is -1.83. The van der Waals surface area contributed by atoms with Crippen LogP contribution in [0.25, 0.3) is 11.0 Å². The third-order valence-electron chi connectivity index (χ3n) is 1.59. The van der Waals surface area contributed by atoms with Gasteiger partial charge in [-0.1, -0.05) is 6.07 Å². The highest BCUT2D eigenvalue weighted by molar-refractivity contribution is 9.10. The average Bonchev–Trinajstić information content (AvgIpc) is 2.34. The van der Waals surface area contributed by atoms with Crippen LogP contribution in [0.2, 0.25) is 0 Å². The SMILES string of the molecule is Nc1cccc2occ(Br)c12. The molecule has 1 aromatic heterocycles. The van der Waals surface area contributed by atoms with Crippen molar-refractivity contribution in [2.24, 2.45) is 0 Å². The van der Waals surface area contributed by atoms with Gasteiger partial charge in [0.2, 0.25) is 0 Å². The van der Waals surface area contributed by atoms with Crippen molar-refractivity contribution < 1.29 is 4.42 Å². The molecule has 0 atom stereocenters. The first kappa shape index (κ1) is 6.73. The van der Waals surface area contributed by atoms with Crippen LogP contribution in [0, 0.1) is 0 Å². The topological polar surface area (TPSA) is 39.2 Å². The Balaban J connectivity index is 2.96. The Bertz CT molecular complexity index is 394. The number of anilines is 1. The van der Waals surface area contributed by atoms with Crippen LogP contribution in [-0.4, -0.2) is 0 Å². The van der Waals surface area contributed by atoms with E-state index in [1.165, 1.54) is 0 Å². The summed E-state index contributed by atoms with van der Waals surface area (Å²) in [4.78, 5) is 0. The summed E-state index contributed by atoms with van der Waals surface area (Å²) < 4.78 is 6.11. The van der Waals surface area contributed by atoms with Crippen LogP contribution in [-0.2, 0) is 0 Å². The highest BCUT2D eigenvalue weighted by Crippen LogP contribution is 2.30. The normalized spacial score (nSPS) is 10.6. The molecule has 1 aromatic carbocycles. The minimum Gasteiger partial charge on any atom is -0.463 e. The smallest absolute Gasteiger partial charge is 0.137 e. The van der Waals surface area contributed by atoms with E-state index in [0.29, 0.717) is 0 Å². The molecule has 0 radical (unpaired) electrons. The van der Waals surface area contributed by atoms with E-state index in [4.69, 9.17) is 10.2 Å². The number of furan rings is 1. The molecule has 0 aliphatic carbocycles. The van der Waals surface area contributed by atoms with E-state index in [9.17, 15) is 0 Å². The molecule has 2 N–H and O–H groups in total. The lowest BCUT2D eigenvalue weighted by atomic mass is 10.2. The molecule has 0 fully saturated rings. The molecule has 2 nitrogen and oxygen atoms in total. The molecule has 0 spiro atoms. The number of rotatable bonds is 0. The summed E-state index contributed by atoms with van der Waals surface area (Å²) in [6.45, 7) is 0. The van der Waals surface area contributed by atoms with Gasteiger partial charge in [-0.05, 0) is 28.1 Å². The van der Waals surface area contributed by atoms with Crippen molar-refractivity contribution in [1.82, 2.24) is 0 Å². The lowest BCUT2D eigenvalue weighted by Gasteiger charge is -1.92. The van der Waals surface area contributed by atoms with Crippen LogP contribution in [0.3, 0.4) is 0 Å². The molecule has 3 heteroatoms. The number of hydrogen-bond donors (Lipinski definition) is 1. The average molecular weight is 212 g/mol. The zero-order chi connectivity index (χ0) is 7.84. The van der Waals surface area contributed by atoms with Crippen LogP contribution in [0.4, 0.5) is 5.69 Å². The van der Waals surface area contributed by atoms with Gasteiger partial charge in [0.05, 0.1) is 9.86 Å². The van der Waals surface area contributed by atoms with Gasteiger partial charge in [-0.3, -0.25) is 0 Å². The van der Waals surface area contributed by atoms with E-state index in [2.05, 4.69) is 15.9 Å². The van der Waals surface area contributed by atoms with E-state index in [-0.39, 0.29) is 0 Å². The van der Waals surface area contributed by atoms with Crippen LogP contribution in [0.15, 0.2) is 33.4 Å². The van der Waals surface area contributed by atoms with Gasteiger partial charge in [-0.2, -0.15) is 0 Å². The molecule has 0 aliphatic heterocycles. The molecular weight excluding hydrogens is 206 g/mol. The molecule has 0 saturated heterocycles. The van der Waals surface area contributed by atoms with E-state index >= 15 is 0 Å². The number of halogens is 1. The molecule has 0 amide bonds. The fourth-order valence-electron chi connectivity index (χ4n) is 1.08. The molecule has 0 bridgehead atoms. The van der Waals surface area contributed by atoms with E-state index in [1.54, 1.807) is 6.26 Å². The zero-order valence-electron chi connectivity index (χ0n) is 5.67. The van der Waals surface area contributed by atoms with Gasteiger partial charge in [0.15, 0.2) is 0 Å². The van der Waals surface area contributed by atoms with Gasteiger partial charge in [-0.15, -0.1) is 0 Å². The maximum absolute atomic E-state index is 5.71. The number of hydrogen-bond acceptors (Lipinski definition) is 2. The fourth-order valence-corrected chi connectivity index (χ4v) is 1.59. The molecule has 2 rings (SSSR count). The second kappa shape index (κ2) is 2.27. The summed E-state index contributed by atoms with van der Waals surface area (Å²) in [5, 5.41) is 0.951. The van der Waals surface area contributed by atoms with Crippen molar-refractivity contribution in [1.29, 1.82) is 0 Å². The molecule has 0 unspecified atom stereocenters. The largest absolute Gasteiger partial charge is 0.463 e. The van der Waals surface area contributed by atoms with Gasteiger partial charge >= 0.3 is 0 Å². The summed E-state index contributed by atoms with van der Waals surface area (Å²) >= 11 is 3.34. The van der Waals surface area contributed by atoms with Crippen LogP contribution in [0.5, 0.6) is 0 Å². The Morgan fingerprint density at radius 2 is 2.18 bits per heavy atom. The number of benzene rings is 1. The van der Waals surface area contributed by atoms with E-state index in [1.807, 2.05) is 18.2 Å². The third-order valence-corrected chi connectivity index (χ3v) is 2.17. The van der Waals surface area contributed by atoms with Crippen molar-refractivity contribution >= 4 is 32.6 Å². The Hall–Kier alpha value is -0.960. The van der Waals surface area contributed by atoms with Crippen molar-refractivity contribution in [3.8, 4) is 0 Å². The van der Waals surface area contributed by atoms with Crippen molar-refractivity contribution in [2.45, 2.75) is 0 Å². The number of fused-ring (bicyclic) bond motifs is 1. The third kappa shape index (κ3) is 0.922. The second-order valence-corrected chi connectivity index (χ2v) is 3.16. The van der Waals surface area contributed by atoms with Crippen LogP contribution >= 0.6 is 15.9 Å². The summed E-state index contributed by atoms with van der Waals surface area (Å²) in [7, 11) is 0. The summed E-state index contributed by atoms with van der Waals surface area (Å²) in [6.07, 6.45) is 1.64. The fraction of sp³-hybridized carbons (Fsp3) is 0. The predicted octanol–water partition coefficient (Wildman–Crippen LogP) is 2.78. The Labute approximate surface area is 72.1 Å². The van der Waals surface area contributed by atoms with Crippen LogP contribution in [0.1, 0.15) is 0 Å². The summed E-state index contributed by atoms with van der Waals surface area (Å²) in [5.41, 5.74) is 7.27. The maximum atomic E-state index is 5.71. The molecule has 2 aromatic rings. The summed E-state index contributed by atoms with van der Waals surface area (Å²) in [6, 6.07) is 5.60. The van der Waals surface area contributed by atoms with Gasteiger partial charge < -0.3 is 10.2 Å². The molecule has 56 valence electrons. The van der Waals surface area contributed by atoms with Gasteiger partial charge in [0.25, 0.3) is 0 Å². The number of nitrogens with two attached hydrogens (primary N) is 1. The molecule has 0 saturated carbocycles. The standard InChI is InChI=1S/C8H6BrNO/c9-5-4-11-7-3-1-2-6(10)8(5)7/h1-4H,10H2. The maximum Gasteiger partial charge on any atom is 0.137 e. The molecular formula is C8H6BrNO. The van der Waals surface area contributed by atoms with Gasteiger partial charge in [0.1, 0.15) is 11.8 Å². The lowest BCUT2D eigenvalue weighted by molar-refractivity contribution is 0.614. The number of nitrogen functional groups attached to an aromatic ring is 1. The van der Waals surface area contributed by atoms with E-state index < -0.39 is 0 Å². The highest BCUT2D eigenvalue weighted by atomic mass is 79.9. The minimum atomic E-state index is 0.739. The van der Waals surface area contributed by atoms with Gasteiger partial charge in [-0.25, -0.2) is 0 Å². The predicted molar refractivity (Wildman–Crippen MR) is 48.3 cm³/mol. The first-order valence-corrected chi connectivity index (χ1v) is 3.99. The summed E-state index contributed by atoms with van der Waals surface area (Å²) in [5.74, 6) is 0. The Kier molecular flexibility index (Phi) is 1.39. The Morgan fingerprint density at radius 3 is 2.91 bits per heavy atom. The van der Waals surface area contributed by atoms with Crippen molar-refractivity contribution in [3.63, 3.8) is 0 Å². The van der Waals surface area contributed by atoms with Gasteiger partial charge in [0, 0.05) is 5.69 Å². The van der Waals surface area contributed by atoms with Crippen molar-refractivity contribution in [2.75, 3.05) is 5.73 Å². The minimum absolute atomic E-state index is 0.739. The van der Waals surface area contributed by atoms with Crippen molar-refractivity contribution in [3.05, 3.63) is 28.9 Å². The first-order chi connectivity index (χ1) is 5.29. The molecule has 1 heterocycles. The Morgan fingerprint density at radius 1 is 1.36 bits per heavy atom. The second-order valence-electron chi connectivity index (χ2n) is 2.30. The zero-order valence-corrected chi connectivity index (χ0v) is 7.26. The van der Waals surface area contributed by atoms with Crippen LogP contribution < -0.4 is 5.73 Å².